The van der Waals surface area contributed by atoms with Crippen LogP contribution in [0.4, 0.5) is 0 Å². The molecule has 1 aliphatic carbocycles. The highest BCUT2D eigenvalue weighted by atomic mass is 16.5. The van der Waals surface area contributed by atoms with Gasteiger partial charge in [0, 0.05) is 24.7 Å². The van der Waals surface area contributed by atoms with Crippen molar-refractivity contribution in [1.82, 2.24) is 4.90 Å². The van der Waals surface area contributed by atoms with E-state index in [0.29, 0.717) is 6.10 Å². The van der Waals surface area contributed by atoms with Gasteiger partial charge in [0.15, 0.2) is 0 Å². The summed E-state index contributed by atoms with van der Waals surface area (Å²) >= 11 is 0. The van der Waals surface area contributed by atoms with Crippen molar-refractivity contribution in [2.75, 3.05) is 19.7 Å². The van der Waals surface area contributed by atoms with Crippen LogP contribution in [0.25, 0.3) is 0 Å². The van der Waals surface area contributed by atoms with Gasteiger partial charge in [0.05, 0.1) is 6.10 Å². The second kappa shape index (κ2) is 6.36. The van der Waals surface area contributed by atoms with Gasteiger partial charge < -0.3 is 10.5 Å². The Labute approximate surface area is 112 Å². The normalized spacial score (nSPS) is 38.2. The van der Waals surface area contributed by atoms with Crippen LogP contribution in [0.2, 0.25) is 0 Å². The Hall–Kier alpha value is -0.120. The Morgan fingerprint density at radius 3 is 2.61 bits per heavy atom. The number of ether oxygens (including phenoxy) is 1. The molecule has 0 aromatic heterocycles. The molecule has 2 N–H and O–H groups in total. The maximum absolute atomic E-state index is 6.13. The minimum Gasteiger partial charge on any atom is -0.378 e. The lowest BCUT2D eigenvalue weighted by atomic mass is 9.71. The van der Waals surface area contributed by atoms with Gasteiger partial charge in [0.25, 0.3) is 0 Å². The van der Waals surface area contributed by atoms with E-state index in [4.69, 9.17) is 10.5 Å². The second-order valence-electron chi connectivity index (χ2n) is 6.02. The zero-order valence-electron chi connectivity index (χ0n) is 12.2. The molecule has 0 bridgehead atoms. The van der Waals surface area contributed by atoms with Crippen molar-refractivity contribution in [3.63, 3.8) is 0 Å². The first-order chi connectivity index (χ1) is 8.75. The lowest BCUT2D eigenvalue weighted by molar-refractivity contribution is -0.113. The van der Waals surface area contributed by atoms with E-state index < -0.39 is 0 Å². The third kappa shape index (κ3) is 2.73. The molecule has 2 aliphatic rings. The molecule has 18 heavy (non-hydrogen) atoms. The highest BCUT2D eigenvalue weighted by Gasteiger charge is 2.49. The number of nitrogens with zero attached hydrogens (tertiary/aromatic N) is 1. The van der Waals surface area contributed by atoms with Gasteiger partial charge >= 0.3 is 0 Å². The summed E-state index contributed by atoms with van der Waals surface area (Å²) in [5, 5.41) is 0. The topological polar surface area (TPSA) is 38.5 Å². The van der Waals surface area contributed by atoms with Crippen molar-refractivity contribution in [2.45, 2.75) is 76.5 Å². The molecular formula is C15H30N2O. The Kier molecular flexibility index (Phi) is 5.05. The Morgan fingerprint density at radius 1 is 1.22 bits per heavy atom. The molecule has 1 atom stereocenters. The number of rotatable bonds is 5. The van der Waals surface area contributed by atoms with Crippen molar-refractivity contribution in [3.8, 4) is 0 Å². The van der Waals surface area contributed by atoms with Gasteiger partial charge in [-0.1, -0.05) is 19.8 Å². The first-order valence-electron chi connectivity index (χ1n) is 7.84. The third-order valence-corrected chi connectivity index (χ3v) is 4.96. The molecule has 106 valence electrons. The molecule has 0 aromatic rings. The van der Waals surface area contributed by atoms with E-state index in [2.05, 4.69) is 18.7 Å². The van der Waals surface area contributed by atoms with Crippen LogP contribution < -0.4 is 5.73 Å². The van der Waals surface area contributed by atoms with Crippen LogP contribution in [0.15, 0.2) is 0 Å². The van der Waals surface area contributed by atoms with Crippen LogP contribution in [-0.2, 0) is 4.74 Å². The predicted molar refractivity (Wildman–Crippen MR) is 75.7 cm³/mol. The predicted octanol–water partition coefficient (Wildman–Crippen LogP) is 2.54. The molecule has 1 heterocycles. The largest absolute Gasteiger partial charge is 0.378 e. The minimum atomic E-state index is 0.255. The fourth-order valence-corrected chi connectivity index (χ4v) is 3.89. The molecule has 1 saturated carbocycles. The summed E-state index contributed by atoms with van der Waals surface area (Å²) in [6.07, 6.45) is 9.50. The van der Waals surface area contributed by atoms with E-state index in [1.165, 1.54) is 38.6 Å². The van der Waals surface area contributed by atoms with E-state index in [0.717, 1.165) is 32.0 Å². The number of hydrogen-bond acceptors (Lipinski definition) is 3. The summed E-state index contributed by atoms with van der Waals surface area (Å²) in [4.78, 5) is 2.75. The molecule has 1 aliphatic heterocycles. The molecule has 0 aromatic carbocycles. The summed E-state index contributed by atoms with van der Waals surface area (Å²) in [6.45, 7) is 7.29. The van der Waals surface area contributed by atoms with Crippen LogP contribution >= 0.6 is 0 Å². The van der Waals surface area contributed by atoms with Crippen LogP contribution in [0, 0.1) is 0 Å². The standard InChI is InChI=1S/C15H30N2O/c1-3-13-8-6-5-7-9-17(13)15(12-16)10-14(11-15)18-4-2/h13-14H,3-12,16H2,1-2H3. The molecule has 0 spiro atoms. The first kappa shape index (κ1) is 14.3. The van der Waals surface area contributed by atoms with Crippen molar-refractivity contribution >= 4 is 0 Å². The first-order valence-corrected chi connectivity index (χ1v) is 7.84. The lowest BCUT2D eigenvalue weighted by Gasteiger charge is -2.55. The molecule has 1 unspecified atom stereocenters. The van der Waals surface area contributed by atoms with Crippen molar-refractivity contribution in [3.05, 3.63) is 0 Å². The molecule has 2 fully saturated rings. The van der Waals surface area contributed by atoms with Gasteiger partial charge in [0.1, 0.15) is 0 Å². The van der Waals surface area contributed by atoms with Gasteiger partial charge in [-0.25, -0.2) is 0 Å². The summed E-state index contributed by atoms with van der Waals surface area (Å²) in [5.41, 5.74) is 6.38. The average Bonchev–Trinajstić information content (AvgIpc) is 2.58. The van der Waals surface area contributed by atoms with Gasteiger partial charge in [-0.3, -0.25) is 4.90 Å². The highest BCUT2D eigenvalue weighted by molar-refractivity contribution is 5.06. The van der Waals surface area contributed by atoms with Gasteiger partial charge in [-0.05, 0) is 45.6 Å². The van der Waals surface area contributed by atoms with E-state index >= 15 is 0 Å². The fourth-order valence-electron chi connectivity index (χ4n) is 3.89. The molecule has 3 heteroatoms. The SMILES string of the molecule is CCOC1CC(CN)(N2CCCCCC2CC)C1. The monoisotopic (exact) mass is 254 g/mol. The Bertz CT molecular complexity index is 251. The zero-order chi connectivity index (χ0) is 13.0. The number of nitrogens with two attached hydrogens (primary N) is 1. The van der Waals surface area contributed by atoms with Crippen molar-refractivity contribution in [1.29, 1.82) is 0 Å². The van der Waals surface area contributed by atoms with Gasteiger partial charge in [-0.2, -0.15) is 0 Å². The van der Waals surface area contributed by atoms with E-state index in [1.54, 1.807) is 0 Å². The quantitative estimate of drug-likeness (QED) is 0.819. The summed E-state index contributed by atoms with van der Waals surface area (Å²) in [5.74, 6) is 0. The van der Waals surface area contributed by atoms with Crippen molar-refractivity contribution < 1.29 is 4.74 Å². The van der Waals surface area contributed by atoms with Crippen molar-refractivity contribution in [2.24, 2.45) is 5.73 Å². The van der Waals surface area contributed by atoms with Crippen LogP contribution in [0.5, 0.6) is 0 Å². The summed E-state index contributed by atoms with van der Waals surface area (Å²) < 4.78 is 5.74. The lowest BCUT2D eigenvalue weighted by Crippen LogP contribution is -2.66. The van der Waals surface area contributed by atoms with Crippen LogP contribution in [0.3, 0.4) is 0 Å². The van der Waals surface area contributed by atoms with E-state index in [-0.39, 0.29) is 5.54 Å². The molecule has 2 rings (SSSR count). The smallest absolute Gasteiger partial charge is 0.0611 e. The highest BCUT2D eigenvalue weighted by Crippen LogP contribution is 2.42. The van der Waals surface area contributed by atoms with Gasteiger partial charge in [0.2, 0.25) is 0 Å². The Balaban J connectivity index is 2.01. The second-order valence-corrected chi connectivity index (χ2v) is 6.02. The van der Waals surface area contributed by atoms with Gasteiger partial charge in [-0.15, -0.1) is 0 Å². The molecule has 1 saturated heterocycles. The summed E-state index contributed by atoms with van der Waals surface area (Å²) in [7, 11) is 0. The van der Waals surface area contributed by atoms with E-state index in [9.17, 15) is 0 Å². The minimum absolute atomic E-state index is 0.255. The Morgan fingerprint density at radius 2 is 2.00 bits per heavy atom. The average molecular weight is 254 g/mol. The molecule has 0 amide bonds. The number of likely N-dealkylation sites (tertiary alicyclic amines) is 1. The van der Waals surface area contributed by atoms with E-state index in [1.807, 2.05) is 0 Å². The number of hydrogen-bond donors (Lipinski definition) is 1. The molecule has 0 radical (unpaired) electrons. The third-order valence-electron chi connectivity index (χ3n) is 4.96. The molecule has 3 nitrogen and oxygen atoms in total. The maximum Gasteiger partial charge on any atom is 0.0611 e. The maximum atomic E-state index is 6.13. The van der Waals surface area contributed by atoms with Crippen LogP contribution in [-0.4, -0.2) is 42.3 Å². The molecular weight excluding hydrogens is 224 g/mol. The fraction of sp³-hybridized carbons (Fsp3) is 1.00. The summed E-state index contributed by atoms with van der Waals surface area (Å²) in [6, 6.07) is 0.749. The van der Waals surface area contributed by atoms with Crippen LogP contribution in [0.1, 0.15) is 58.8 Å². The zero-order valence-corrected chi connectivity index (χ0v) is 12.2.